The smallest absolute Gasteiger partial charge is 0.338 e. The molecule has 1 saturated heterocycles. The lowest BCUT2D eigenvalue weighted by molar-refractivity contribution is 0.0385. The van der Waals surface area contributed by atoms with Gasteiger partial charge < -0.3 is 15.2 Å². The van der Waals surface area contributed by atoms with Crippen LogP contribution in [0.5, 0.6) is 0 Å². The van der Waals surface area contributed by atoms with E-state index < -0.39 is 0 Å². The molecule has 1 fully saturated rings. The fraction of sp³-hybridized carbons (Fsp3) is 0.533. The van der Waals surface area contributed by atoms with Gasteiger partial charge in [-0.25, -0.2) is 4.79 Å². The summed E-state index contributed by atoms with van der Waals surface area (Å²) in [6, 6.07) is 3.60. The van der Waals surface area contributed by atoms with Gasteiger partial charge in [-0.1, -0.05) is 6.07 Å². The van der Waals surface area contributed by atoms with Gasteiger partial charge in [-0.05, 0) is 43.9 Å². The number of aryl methyl sites for hydroxylation is 2. The Morgan fingerprint density at radius 1 is 1.42 bits per heavy atom. The van der Waals surface area contributed by atoms with E-state index in [-0.39, 0.29) is 12.1 Å². The highest BCUT2D eigenvalue weighted by atomic mass is 16.5. The Morgan fingerprint density at radius 3 is 2.89 bits per heavy atom. The van der Waals surface area contributed by atoms with Gasteiger partial charge in [0.2, 0.25) is 0 Å². The maximum atomic E-state index is 12.0. The standard InChI is InChI=1S/C15H21NO3/c1-10-8-11(2)14(16)9-13(10)15(17)19-7-5-12-4-3-6-18-12/h8-9,12H,3-7,16H2,1-2H3. The second-order valence-corrected chi connectivity index (χ2v) is 5.08. The first-order valence-corrected chi connectivity index (χ1v) is 6.73. The maximum absolute atomic E-state index is 12.0. The van der Waals surface area contributed by atoms with Crippen molar-refractivity contribution < 1.29 is 14.3 Å². The van der Waals surface area contributed by atoms with Crippen LogP contribution < -0.4 is 5.73 Å². The minimum atomic E-state index is -0.304. The van der Waals surface area contributed by atoms with Crippen LogP contribution in [-0.2, 0) is 9.47 Å². The first-order valence-electron chi connectivity index (χ1n) is 6.73. The van der Waals surface area contributed by atoms with Crippen LogP contribution in [0.4, 0.5) is 5.69 Å². The zero-order valence-electron chi connectivity index (χ0n) is 11.6. The van der Waals surface area contributed by atoms with Gasteiger partial charge in [0.05, 0.1) is 18.3 Å². The number of benzene rings is 1. The van der Waals surface area contributed by atoms with Crippen LogP contribution in [0.3, 0.4) is 0 Å². The van der Waals surface area contributed by atoms with Crippen molar-refractivity contribution in [1.29, 1.82) is 0 Å². The highest BCUT2D eigenvalue weighted by molar-refractivity contribution is 5.92. The Balaban J connectivity index is 1.90. The van der Waals surface area contributed by atoms with E-state index in [1.807, 2.05) is 19.9 Å². The second-order valence-electron chi connectivity index (χ2n) is 5.08. The van der Waals surface area contributed by atoms with Gasteiger partial charge in [-0.3, -0.25) is 0 Å². The number of nitrogen functional groups attached to an aromatic ring is 1. The summed E-state index contributed by atoms with van der Waals surface area (Å²) in [5.41, 5.74) is 8.88. The van der Waals surface area contributed by atoms with Crippen molar-refractivity contribution in [1.82, 2.24) is 0 Å². The SMILES string of the molecule is Cc1cc(C)c(C(=O)OCCC2CCCO2)cc1N. The lowest BCUT2D eigenvalue weighted by Gasteiger charge is -2.12. The molecule has 4 heteroatoms. The van der Waals surface area contributed by atoms with E-state index >= 15 is 0 Å². The summed E-state index contributed by atoms with van der Waals surface area (Å²) < 4.78 is 10.8. The monoisotopic (exact) mass is 263 g/mol. The topological polar surface area (TPSA) is 61.5 Å². The van der Waals surface area contributed by atoms with Crippen molar-refractivity contribution in [3.8, 4) is 0 Å². The number of esters is 1. The molecule has 0 spiro atoms. The summed E-state index contributed by atoms with van der Waals surface area (Å²) in [4.78, 5) is 12.0. The Bertz CT molecular complexity index is 465. The van der Waals surface area contributed by atoms with E-state index in [0.717, 1.165) is 37.0 Å². The molecule has 0 bridgehead atoms. The average Bonchev–Trinajstić information content (AvgIpc) is 2.86. The summed E-state index contributed by atoms with van der Waals surface area (Å²) in [6.07, 6.45) is 3.18. The molecule has 4 nitrogen and oxygen atoms in total. The number of carbonyl (C=O) groups is 1. The molecule has 2 rings (SSSR count). The number of rotatable bonds is 4. The lowest BCUT2D eigenvalue weighted by atomic mass is 10.0. The number of hydrogen-bond acceptors (Lipinski definition) is 4. The third-order valence-corrected chi connectivity index (χ3v) is 3.53. The molecule has 0 amide bonds. The van der Waals surface area contributed by atoms with Crippen molar-refractivity contribution in [2.45, 2.75) is 39.2 Å². The largest absolute Gasteiger partial charge is 0.462 e. The van der Waals surface area contributed by atoms with Crippen LogP contribution in [0.1, 0.15) is 40.7 Å². The third kappa shape index (κ3) is 3.47. The molecular formula is C15H21NO3. The van der Waals surface area contributed by atoms with Crippen LogP contribution in [-0.4, -0.2) is 25.3 Å². The van der Waals surface area contributed by atoms with Gasteiger partial charge in [0.15, 0.2) is 0 Å². The van der Waals surface area contributed by atoms with Crippen molar-refractivity contribution >= 4 is 11.7 Å². The first-order chi connectivity index (χ1) is 9.08. The van der Waals surface area contributed by atoms with Gasteiger partial charge in [-0.2, -0.15) is 0 Å². The van der Waals surface area contributed by atoms with Crippen LogP contribution in [0.15, 0.2) is 12.1 Å². The Hall–Kier alpha value is -1.55. The number of carbonyl (C=O) groups excluding carboxylic acids is 1. The molecule has 1 atom stereocenters. The summed E-state index contributed by atoms with van der Waals surface area (Å²) in [5.74, 6) is -0.304. The van der Waals surface area contributed by atoms with E-state index in [4.69, 9.17) is 15.2 Å². The van der Waals surface area contributed by atoms with E-state index in [1.54, 1.807) is 6.07 Å². The van der Waals surface area contributed by atoms with Crippen molar-refractivity contribution in [2.75, 3.05) is 18.9 Å². The second kappa shape index (κ2) is 6.06. The molecule has 0 radical (unpaired) electrons. The van der Waals surface area contributed by atoms with Crippen LogP contribution in [0, 0.1) is 13.8 Å². The minimum absolute atomic E-state index is 0.247. The molecular weight excluding hydrogens is 242 g/mol. The normalized spacial score (nSPS) is 18.5. The molecule has 0 saturated carbocycles. The fourth-order valence-corrected chi connectivity index (χ4v) is 2.32. The molecule has 1 heterocycles. The van der Waals surface area contributed by atoms with E-state index in [9.17, 15) is 4.79 Å². The van der Waals surface area contributed by atoms with Gasteiger partial charge in [0.1, 0.15) is 0 Å². The Labute approximate surface area is 113 Å². The maximum Gasteiger partial charge on any atom is 0.338 e. The van der Waals surface area contributed by atoms with Crippen LogP contribution >= 0.6 is 0 Å². The third-order valence-electron chi connectivity index (χ3n) is 3.53. The molecule has 0 aliphatic carbocycles. The average molecular weight is 263 g/mol. The fourth-order valence-electron chi connectivity index (χ4n) is 2.32. The molecule has 1 unspecified atom stereocenters. The van der Waals surface area contributed by atoms with E-state index in [0.29, 0.717) is 17.9 Å². The van der Waals surface area contributed by atoms with Crippen molar-refractivity contribution in [3.63, 3.8) is 0 Å². The zero-order chi connectivity index (χ0) is 13.8. The molecule has 1 aliphatic heterocycles. The highest BCUT2D eigenvalue weighted by Gasteiger charge is 2.17. The Kier molecular flexibility index (Phi) is 4.43. The van der Waals surface area contributed by atoms with Gasteiger partial charge >= 0.3 is 5.97 Å². The Morgan fingerprint density at radius 2 is 2.21 bits per heavy atom. The summed E-state index contributed by atoms with van der Waals surface area (Å²) in [5, 5.41) is 0. The predicted molar refractivity (Wildman–Crippen MR) is 74.2 cm³/mol. The van der Waals surface area contributed by atoms with E-state index in [1.165, 1.54) is 0 Å². The van der Waals surface area contributed by atoms with Crippen LogP contribution in [0.25, 0.3) is 0 Å². The zero-order valence-corrected chi connectivity index (χ0v) is 11.6. The summed E-state index contributed by atoms with van der Waals surface area (Å²) in [7, 11) is 0. The van der Waals surface area contributed by atoms with Gasteiger partial charge in [0.25, 0.3) is 0 Å². The molecule has 2 N–H and O–H groups in total. The van der Waals surface area contributed by atoms with Crippen LogP contribution in [0.2, 0.25) is 0 Å². The molecule has 0 aromatic heterocycles. The molecule has 104 valence electrons. The molecule has 19 heavy (non-hydrogen) atoms. The minimum Gasteiger partial charge on any atom is -0.462 e. The van der Waals surface area contributed by atoms with Gasteiger partial charge in [-0.15, -0.1) is 0 Å². The van der Waals surface area contributed by atoms with E-state index in [2.05, 4.69) is 0 Å². The quantitative estimate of drug-likeness (QED) is 0.670. The van der Waals surface area contributed by atoms with Crippen molar-refractivity contribution in [3.05, 3.63) is 28.8 Å². The number of anilines is 1. The predicted octanol–water partition coefficient (Wildman–Crippen LogP) is 2.61. The van der Waals surface area contributed by atoms with Gasteiger partial charge in [0, 0.05) is 18.7 Å². The van der Waals surface area contributed by atoms with Crippen molar-refractivity contribution in [2.24, 2.45) is 0 Å². The summed E-state index contributed by atoms with van der Waals surface area (Å²) in [6.45, 7) is 5.04. The number of ether oxygens (including phenoxy) is 2. The highest BCUT2D eigenvalue weighted by Crippen LogP contribution is 2.19. The summed E-state index contributed by atoms with van der Waals surface area (Å²) >= 11 is 0. The molecule has 1 aromatic rings. The lowest BCUT2D eigenvalue weighted by Crippen LogP contribution is -2.14. The first kappa shape index (κ1) is 13.9. The molecule has 1 aromatic carbocycles. The number of nitrogens with two attached hydrogens (primary N) is 1. The molecule has 1 aliphatic rings. The number of hydrogen-bond donors (Lipinski definition) is 1.